The number of hydrogen-bond acceptors (Lipinski definition) is 5. The minimum Gasteiger partial charge on any atom is -0.380 e. The summed E-state index contributed by atoms with van der Waals surface area (Å²) in [7, 11) is 0. The molecule has 0 aliphatic carbocycles. The Labute approximate surface area is 113 Å². The Morgan fingerprint density at radius 1 is 1.61 bits per heavy atom. The molecule has 0 saturated carbocycles. The lowest BCUT2D eigenvalue weighted by molar-refractivity contribution is 0.101. The molecule has 0 spiro atoms. The van der Waals surface area contributed by atoms with E-state index < -0.39 is 0 Å². The van der Waals surface area contributed by atoms with Gasteiger partial charge >= 0.3 is 0 Å². The number of ether oxygens (including phenoxy) is 1. The third-order valence-electron chi connectivity index (χ3n) is 2.94. The first-order valence-electron chi connectivity index (χ1n) is 5.98. The molecule has 96 valence electrons. The van der Waals surface area contributed by atoms with Gasteiger partial charge in [0.15, 0.2) is 0 Å². The summed E-state index contributed by atoms with van der Waals surface area (Å²) in [6.45, 7) is 1.70. The van der Waals surface area contributed by atoms with Crippen LogP contribution in [0.15, 0.2) is 16.2 Å². The van der Waals surface area contributed by atoms with Crippen molar-refractivity contribution >= 4 is 33.3 Å². The molecule has 1 N–H and O–H groups in total. The number of thiophene rings is 1. The highest BCUT2D eigenvalue weighted by atomic mass is 32.2. The molecule has 0 radical (unpaired) electrons. The fourth-order valence-corrected chi connectivity index (χ4v) is 3.81. The molecule has 1 unspecified atom stereocenters. The lowest BCUT2D eigenvalue weighted by Gasteiger charge is -2.21. The number of aromatic amines is 1. The van der Waals surface area contributed by atoms with Crippen molar-refractivity contribution in [3.63, 3.8) is 0 Å². The quantitative estimate of drug-likeness (QED) is 0.939. The molecule has 4 nitrogen and oxygen atoms in total. The van der Waals surface area contributed by atoms with Crippen LogP contribution in [0.2, 0.25) is 0 Å². The van der Waals surface area contributed by atoms with Crippen LogP contribution >= 0.6 is 23.1 Å². The van der Waals surface area contributed by atoms with Gasteiger partial charge in [0.2, 0.25) is 0 Å². The van der Waals surface area contributed by atoms with E-state index in [0.29, 0.717) is 9.95 Å². The topological polar surface area (TPSA) is 55.0 Å². The third-order valence-corrected chi connectivity index (χ3v) is 5.12. The fraction of sp³-hybridized carbons (Fsp3) is 0.500. The Hall–Kier alpha value is -0.850. The molecule has 1 fully saturated rings. The number of nitrogens with zero attached hydrogens (tertiary/aromatic N) is 1. The Kier molecular flexibility index (Phi) is 3.67. The van der Waals surface area contributed by atoms with Crippen molar-refractivity contribution in [1.82, 2.24) is 9.97 Å². The molecule has 2 aromatic heterocycles. The Bertz CT molecular complexity index is 587. The minimum atomic E-state index is -0.0227. The van der Waals surface area contributed by atoms with Gasteiger partial charge in [0.25, 0.3) is 5.56 Å². The van der Waals surface area contributed by atoms with Crippen molar-refractivity contribution in [1.29, 1.82) is 0 Å². The van der Waals surface area contributed by atoms with Crippen LogP contribution in [-0.4, -0.2) is 28.4 Å². The average molecular weight is 282 g/mol. The molecule has 0 amide bonds. The van der Waals surface area contributed by atoms with Crippen LogP contribution in [0.1, 0.15) is 18.7 Å². The zero-order valence-corrected chi connectivity index (χ0v) is 11.5. The molecule has 1 aliphatic heterocycles. The molecule has 0 aromatic carbocycles. The van der Waals surface area contributed by atoms with Gasteiger partial charge in [-0.2, -0.15) is 0 Å². The van der Waals surface area contributed by atoms with Gasteiger partial charge in [-0.05, 0) is 24.3 Å². The van der Waals surface area contributed by atoms with Gasteiger partial charge in [0, 0.05) is 11.9 Å². The summed E-state index contributed by atoms with van der Waals surface area (Å²) in [5.41, 5.74) is 0.782. The SMILES string of the molecule is O=c1[nH]c(CSC2CCCOC2)nc2ccsc12. The summed E-state index contributed by atoms with van der Waals surface area (Å²) in [6, 6.07) is 1.90. The highest BCUT2D eigenvalue weighted by Gasteiger charge is 2.15. The van der Waals surface area contributed by atoms with Gasteiger partial charge in [-0.1, -0.05) is 0 Å². The Morgan fingerprint density at radius 3 is 3.39 bits per heavy atom. The normalized spacial score (nSPS) is 20.3. The number of aromatic nitrogens is 2. The first-order chi connectivity index (χ1) is 8.83. The van der Waals surface area contributed by atoms with E-state index in [0.717, 1.165) is 36.7 Å². The number of rotatable bonds is 3. The third kappa shape index (κ3) is 2.60. The number of hydrogen-bond donors (Lipinski definition) is 1. The van der Waals surface area contributed by atoms with Crippen molar-refractivity contribution in [2.45, 2.75) is 23.8 Å². The van der Waals surface area contributed by atoms with E-state index in [9.17, 15) is 4.79 Å². The highest BCUT2D eigenvalue weighted by Crippen LogP contribution is 2.23. The second-order valence-corrected chi connectivity index (χ2v) is 6.50. The zero-order chi connectivity index (χ0) is 12.4. The molecule has 3 heterocycles. The smallest absolute Gasteiger partial charge is 0.268 e. The predicted molar refractivity (Wildman–Crippen MR) is 75.4 cm³/mol. The largest absolute Gasteiger partial charge is 0.380 e. The fourth-order valence-electron chi connectivity index (χ4n) is 2.03. The van der Waals surface area contributed by atoms with Crippen molar-refractivity contribution in [2.24, 2.45) is 0 Å². The van der Waals surface area contributed by atoms with Crippen LogP contribution < -0.4 is 5.56 Å². The van der Waals surface area contributed by atoms with Crippen LogP contribution in [0.25, 0.3) is 10.2 Å². The van der Waals surface area contributed by atoms with E-state index in [1.165, 1.54) is 17.8 Å². The molecule has 1 aliphatic rings. The van der Waals surface area contributed by atoms with E-state index in [2.05, 4.69) is 9.97 Å². The molecule has 2 aromatic rings. The molecule has 6 heteroatoms. The molecular formula is C12H14N2O2S2. The van der Waals surface area contributed by atoms with E-state index >= 15 is 0 Å². The maximum atomic E-state index is 11.8. The number of nitrogens with one attached hydrogen (secondary N) is 1. The van der Waals surface area contributed by atoms with E-state index in [4.69, 9.17) is 4.74 Å². The molecular weight excluding hydrogens is 268 g/mol. The van der Waals surface area contributed by atoms with Gasteiger partial charge in [-0.25, -0.2) is 4.98 Å². The summed E-state index contributed by atoms with van der Waals surface area (Å²) in [5.74, 6) is 1.51. The second kappa shape index (κ2) is 5.42. The predicted octanol–water partition coefficient (Wildman–Crippen LogP) is 2.40. The summed E-state index contributed by atoms with van der Waals surface area (Å²) in [4.78, 5) is 19.1. The first kappa shape index (κ1) is 12.2. The van der Waals surface area contributed by atoms with Gasteiger partial charge in [0.1, 0.15) is 10.5 Å². The monoisotopic (exact) mass is 282 g/mol. The molecule has 0 bridgehead atoms. The van der Waals surface area contributed by atoms with Crippen LogP contribution in [-0.2, 0) is 10.5 Å². The molecule has 18 heavy (non-hydrogen) atoms. The number of thioether (sulfide) groups is 1. The van der Waals surface area contributed by atoms with Crippen molar-refractivity contribution < 1.29 is 4.74 Å². The van der Waals surface area contributed by atoms with Crippen LogP contribution in [0.3, 0.4) is 0 Å². The number of fused-ring (bicyclic) bond motifs is 1. The van der Waals surface area contributed by atoms with E-state index in [-0.39, 0.29) is 5.56 Å². The maximum absolute atomic E-state index is 11.8. The van der Waals surface area contributed by atoms with Gasteiger partial charge in [0.05, 0.1) is 17.9 Å². The lowest BCUT2D eigenvalue weighted by Crippen LogP contribution is -2.20. The second-order valence-electron chi connectivity index (χ2n) is 4.30. The molecule has 1 saturated heterocycles. The standard InChI is InChI=1S/C12H14N2O2S2/c15-12-11-9(3-5-17-11)13-10(14-12)7-18-8-2-1-4-16-6-8/h3,5,8H,1-2,4,6-7H2,(H,13,14,15). The molecule has 1 atom stereocenters. The minimum absolute atomic E-state index is 0.0227. The Morgan fingerprint density at radius 2 is 2.56 bits per heavy atom. The average Bonchev–Trinajstić information content (AvgIpc) is 2.86. The van der Waals surface area contributed by atoms with Crippen molar-refractivity contribution in [3.8, 4) is 0 Å². The summed E-state index contributed by atoms with van der Waals surface area (Å²) in [6.07, 6.45) is 2.32. The first-order valence-corrected chi connectivity index (χ1v) is 7.91. The van der Waals surface area contributed by atoms with Gasteiger partial charge < -0.3 is 9.72 Å². The summed E-state index contributed by atoms with van der Waals surface area (Å²) in [5, 5.41) is 2.43. The van der Waals surface area contributed by atoms with Crippen LogP contribution in [0, 0.1) is 0 Å². The van der Waals surface area contributed by atoms with Crippen molar-refractivity contribution in [3.05, 3.63) is 27.6 Å². The summed E-state index contributed by atoms with van der Waals surface area (Å²) >= 11 is 3.25. The van der Waals surface area contributed by atoms with Crippen molar-refractivity contribution in [2.75, 3.05) is 13.2 Å². The number of H-pyrrole nitrogens is 1. The molecule has 3 rings (SSSR count). The van der Waals surface area contributed by atoms with Crippen LogP contribution in [0.5, 0.6) is 0 Å². The van der Waals surface area contributed by atoms with Crippen LogP contribution in [0.4, 0.5) is 0 Å². The highest BCUT2D eigenvalue weighted by molar-refractivity contribution is 7.99. The van der Waals surface area contributed by atoms with Gasteiger partial charge in [-0.15, -0.1) is 23.1 Å². The van der Waals surface area contributed by atoms with Gasteiger partial charge in [-0.3, -0.25) is 4.79 Å². The zero-order valence-electron chi connectivity index (χ0n) is 9.85. The Balaban J connectivity index is 1.72. The van der Waals surface area contributed by atoms with E-state index in [1.54, 1.807) is 0 Å². The maximum Gasteiger partial charge on any atom is 0.268 e. The summed E-state index contributed by atoms with van der Waals surface area (Å²) < 4.78 is 6.15. The lowest BCUT2D eigenvalue weighted by atomic mass is 10.2. The van der Waals surface area contributed by atoms with E-state index in [1.807, 2.05) is 23.2 Å².